The second kappa shape index (κ2) is 8.91. The summed E-state index contributed by atoms with van der Waals surface area (Å²) in [6, 6.07) is 6.07. The standard InChI is InChI=1S/C20H30N4O5S/c1-21(2)19(25)13-23-11-9-15-16(10-12-23)29-17-7-5-6-8-18(17)30(27,28)24(15)14-20(26)22(3)4/h5-8,15-16H,9-14H2,1-4H3/t15-,16-/m1/s1. The van der Waals surface area contributed by atoms with E-state index in [2.05, 4.69) is 0 Å². The van der Waals surface area contributed by atoms with Crippen molar-refractivity contribution in [2.45, 2.75) is 29.9 Å². The lowest BCUT2D eigenvalue weighted by Crippen LogP contribution is -2.50. The van der Waals surface area contributed by atoms with Gasteiger partial charge in [0, 0.05) is 41.3 Å². The Bertz CT molecular complexity index is 902. The lowest BCUT2D eigenvalue weighted by molar-refractivity contribution is -0.130. The Hall–Kier alpha value is -2.17. The lowest BCUT2D eigenvalue weighted by atomic mass is 10.1. The highest BCUT2D eigenvalue weighted by Crippen LogP contribution is 2.36. The van der Waals surface area contributed by atoms with Crippen LogP contribution in [0, 0.1) is 0 Å². The Balaban J connectivity index is 1.95. The summed E-state index contributed by atoms with van der Waals surface area (Å²) >= 11 is 0. The maximum absolute atomic E-state index is 13.5. The molecule has 0 spiro atoms. The van der Waals surface area contributed by atoms with Gasteiger partial charge in [0.15, 0.2) is 0 Å². The maximum Gasteiger partial charge on any atom is 0.247 e. The van der Waals surface area contributed by atoms with Gasteiger partial charge in [-0.05, 0) is 25.0 Å². The SMILES string of the molecule is CN(C)C(=O)CN1CC[C@@H]2[C@@H](CC1)Oc1ccccc1S(=O)(=O)N2CC(=O)N(C)C. The predicted molar refractivity (Wildman–Crippen MR) is 112 cm³/mol. The molecule has 1 saturated heterocycles. The molecule has 166 valence electrons. The monoisotopic (exact) mass is 438 g/mol. The number of nitrogens with zero attached hydrogens (tertiary/aromatic N) is 4. The van der Waals surface area contributed by atoms with E-state index in [1.165, 1.54) is 15.3 Å². The van der Waals surface area contributed by atoms with Crippen LogP contribution in [-0.2, 0) is 19.6 Å². The molecule has 2 atom stereocenters. The molecule has 3 rings (SSSR count). The normalized spacial score (nSPS) is 23.9. The molecule has 30 heavy (non-hydrogen) atoms. The van der Waals surface area contributed by atoms with Crippen LogP contribution in [0.4, 0.5) is 0 Å². The number of ether oxygens (including phenoxy) is 1. The second-order valence-corrected chi connectivity index (χ2v) is 10.0. The Labute approximate surface area is 178 Å². The fourth-order valence-corrected chi connectivity index (χ4v) is 5.53. The lowest BCUT2D eigenvalue weighted by Gasteiger charge is -2.32. The molecule has 1 aromatic rings. The van der Waals surface area contributed by atoms with E-state index in [1.807, 2.05) is 4.90 Å². The first-order chi connectivity index (χ1) is 14.1. The minimum Gasteiger partial charge on any atom is -0.487 e. The predicted octanol–water partition coefficient (Wildman–Crippen LogP) is 0.0791. The highest BCUT2D eigenvalue weighted by atomic mass is 32.2. The van der Waals surface area contributed by atoms with Crippen LogP contribution in [0.2, 0.25) is 0 Å². The van der Waals surface area contributed by atoms with Crippen LogP contribution in [0.25, 0.3) is 0 Å². The molecule has 2 aliphatic heterocycles. The molecule has 9 nitrogen and oxygen atoms in total. The van der Waals surface area contributed by atoms with Gasteiger partial charge in [0.05, 0.1) is 19.1 Å². The highest BCUT2D eigenvalue weighted by Gasteiger charge is 2.44. The number of rotatable bonds is 4. The van der Waals surface area contributed by atoms with E-state index in [-0.39, 0.29) is 29.8 Å². The molecule has 1 fully saturated rings. The van der Waals surface area contributed by atoms with Crippen molar-refractivity contribution in [3.05, 3.63) is 24.3 Å². The molecule has 0 bridgehead atoms. The summed E-state index contributed by atoms with van der Waals surface area (Å²) in [5, 5.41) is 0. The summed E-state index contributed by atoms with van der Waals surface area (Å²) < 4.78 is 34.5. The van der Waals surface area contributed by atoms with Crippen LogP contribution >= 0.6 is 0 Å². The second-order valence-electron chi connectivity index (χ2n) is 8.15. The number of carbonyl (C=O) groups is 2. The zero-order valence-electron chi connectivity index (χ0n) is 17.9. The largest absolute Gasteiger partial charge is 0.487 e. The first kappa shape index (κ1) is 22.5. The molecule has 2 amide bonds. The number of likely N-dealkylation sites (tertiary alicyclic amines) is 1. The summed E-state index contributed by atoms with van der Waals surface area (Å²) in [6.07, 6.45) is 0.624. The van der Waals surface area contributed by atoms with E-state index in [1.54, 1.807) is 51.3 Å². The van der Waals surface area contributed by atoms with Crippen molar-refractivity contribution in [2.75, 3.05) is 54.4 Å². The number of hydrogen-bond acceptors (Lipinski definition) is 6. The Morgan fingerprint density at radius 2 is 1.60 bits per heavy atom. The van der Waals surface area contributed by atoms with Crippen LogP contribution in [-0.4, -0.2) is 106 Å². The molecule has 2 heterocycles. The Morgan fingerprint density at radius 3 is 2.27 bits per heavy atom. The fourth-order valence-electron chi connectivity index (χ4n) is 3.78. The topological polar surface area (TPSA) is 90.5 Å². The summed E-state index contributed by atoms with van der Waals surface area (Å²) in [5.74, 6) is 0.0151. The van der Waals surface area contributed by atoms with E-state index in [0.29, 0.717) is 31.7 Å². The first-order valence-electron chi connectivity index (χ1n) is 10.0. The molecule has 0 aliphatic carbocycles. The molecular formula is C20H30N4O5S. The molecule has 1 aromatic carbocycles. The molecular weight excluding hydrogens is 408 g/mol. The number of carbonyl (C=O) groups excluding carboxylic acids is 2. The van der Waals surface area contributed by atoms with Gasteiger partial charge in [-0.3, -0.25) is 14.5 Å². The summed E-state index contributed by atoms with van der Waals surface area (Å²) in [4.78, 5) is 29.7. The molecule has 0 N–H and O–H groups in total. The third-order valence-corrected chi connectivity index (χ3v) is 7.54. The van der Waals surface area contributed by atoms with E-state index in [9.17, 15) is 18.0 Å². The average molecular weight is 439 g/mol. The first-order valence-corrected chi connectivity index (χ1v) is 11.5. The van der Waals surface area contributed by atoms with Crippen molar-refractivity contribution in [3.8, 4) is 5.75 Å². The maximum atomic E-state index is 13.5. The Morgan fingerprint density at radius 1 is 1.00 bits per heavy atom. The number of benzene rings is 1. The van der Waals surface area contributed by atoms with Crippen molar-refractivity contribution in [2.24, 2.45) is 0 Å². The van der Waals surface area contributed by atoms with Crippen molar-refractivity contribution in [1.29, 1.82) is 0 Å². The number of fused-ring (bicyclic) bond motifs is 2. The van der Waals surface area contributed by atoms with Gasteiger partial charge >= 0.3 is 0 Å². The zero-order chi connectivity index (χ0) is 22.1. The highest BCUT2D eigenvalue weighted by molar-refractivity contribution is 7.89. The van der Waals surface area contributed by atoms with E-state index >= 15 is 0 Å². The van der Waals surface area contributed by atoms with Crippen LogP contribution in [0.5, 0.6) is 5.75 Å². The smallest absolute Gasteiger partial charge is 0.247 e. The van der Waals surface area contributed by atoms with E-state index < -0.39 is 22.2 Å². The van der Waals surface area contributed by atoms with Crippen molar-refractivity contribution >= 4 is 21.8 Å². The number of likely N-dealkylation sites (N-methyl/N-ethyl adjacent to an activating group) is 2. The van der Waals surface area contributed by atoms with Gasteiger partial charge < -0.3 is 14.5 Å². The molecule has 0 radical (unpaired) electrons. The van der Waals surface area contributed by atoms with Crippen LogP contribution in [0.1, 0.15) is 12.8 Å². The van der Waals surface area contributed by atoms with Gasteiger partial charge in [-0.1, -0.05) is 12.1 Å². The summed E-state index contributed by atoms with van der Waals surface area (Å²) in [6.45, 7) is 1.18. The van der Waals surface area contributed by atoms with Gasteiger partial charge in [-0.15, -0.1) is 0 Å². The third kappa shape index (κ3) is 4.60. The van der Waals surface area contributed by atoms with Crippen molar-refractivity contribution in [3.63, 3.8) is 0 Å². The van der Waals surface area contributed by atoms with Gasteiger partial charge in [-0.2, -0.15) is 4.31 Å². The van der Waals surface area contributed by atoms with E-state index in [4.69, 9.17) is 4.74 Å². The molecule has 0 unspecified atom stereocenters. The molecule has 0 aromatic heterocycles. The van der Waals surface area contributed by atoms with Crippen LogP contribution < -0.4 is 4.74 Å². The third-order valence-electron chi connectivity index (χ3n) is 5.63. The minimum atomic E-state index is -3.92. The summed E-state index contributed by atoms with van der Waals surface area (Å²) in [7, 11) is 2.72. The Kier molecular flexibility index (Phi) is 6.68. The van der Waals surface area contributed by atoms with Gasteiger partial charge in [0.25, 0.3) is 0 Å². The average Bonchev–Trinajstić information content (AvgIpc) is 2.92. The number of sulfonamides is 1. The molecule has 2 aliphatic rings. The molecule has 0 saturated carbocycles. The number of para-hydroxylation sites is 1. The van der Waals surface area contributed by atoms with E-state index in [0.717, 1.165) is 0 Å². The van der Waals surface area contributed by atoms with Gasteiger partial charge in [-0.25, -0.2) is 8.42 Å². The molecule has 10 heteroatoms. The van der Waals surface area contributed by atoms with Crippen LogP contribution in [0.3, 0.4) is 0 Å². The number of hydrogen-bond donors (Lipinski definition) is 0. The van der Waals surface area contributed by atoms with Crippen molar-refractivity contribution < 1.29 is 22.7 Å². The van der Waals surface area contributed by atoms with Crippen LogP contribution in [0.15, 0.2) is 29.2 Å². The quantitative estimate of drug-likeness (QED) is 0.661. The summed E-state index contributed by atoms with van der Waals surface area (Å²) in [5.41, 5.74) is 0. The van der Waals surface area contributed by atoms with Gasteiger partial charge in [0.1, 0.15) is 16.7 Å². The van der Waals surface area contributed by atoms with Crippen molar-refractivity contribution in [1.82, 2.24) is 19.0 Å². The fraction of sp³-hybridized carbons (Fsp3) is 0.600. The number of amides is 2. The minimum absolute atomic E-state index is 0.00405. The van der Waals surface area contributed by atoms with Gasteiger partial charge in [0.2, 0.25) is 21.8 Å². The zero-order valence-corrected chi connectivity index (χ0v) is 18.8.